The van der Waals surface area contributed by atoms with E-state index in [2.05, 4.69) is 68.1 Å². The summed E-state index contributed by atoms with van der Waals surface area (Å²) in [6, 6.07) is 8.84. The first-order valence-electron chi connectivity index (χ1n) is 11.2. The van der Waals surface area contributed by atoms with Crippen LogP contribution in [0.25, 0.3) is 11.0 Å². The van der Waals surface area contributed by atoms with E-state index >= 15 is 0 Å². The summed E-state index contributed by atoms with van der Waals surface area (Å²) in [6.45, 7) is 8.44. The lowest BCUT2D eigenvalue weighted by atomic mass is 10.1. The molecule has 0 saturated carbocycles. The minimum Gasteiger partial charge on any atom is -0.380 e. The first-order chi connectivity index (χ1) is 15.0. The highest BCUT2D eigenvalue weighted by Crippen LogP contribution is 2.26. The molecule has 3 N–H and O–H groups in total. The predicted octanol–water partition coefficient (Wildman–Crippen LogP) is 2.65. The predicted molar refractivity (Wildman–Crippen MR) is 126 cm³/mol. The smallest absolute Gasteiger partial charge is 0.175 e. The molecule has 0 aliphatic carbocycles. The zero-order valence-corrected chi connectivity index (χ0v) is 18.9. The normalized spacial score (nSPS) is 15.6. The summed E-state index contributed by atoms with van der Waals surface area (Å²) in [6.07, 6.45) is 3.15. The quantitative estimate of drug-likeness (QED) is 0.577. The Balaban J connectivity index is 1.43. The number of rotatable bonds is 8. The molecule has 8 nitrogen and oxygen atoms in total. The third-order valence-corrected chi connectivity index (χ3v) is 6.15. The molecule has 0 spiro atoms. The number of benzene rings is 1. The Bertz CT molecular complexity index is 1000. The molecule has 0 atom stereocenters. The van der Waals surface area contributed by atoms with E-state index in [1.165, 1.54) is 11.1 Å². The second-order valence-corrected chi connectivity index (χ2v) is 8.57. The van der Waals surface area contributed by atoms with Crippen molar-refractivity contribution in [2.24, 2.45) is 7.05 Å². The van der Waals surface area contributed by atoms with E-state index in [1.807, 2.05) is 7.05 Å². The second-order valence-electron chi connectivity index (χ2n) is 8.57. The van der Waals surface area contributed by atoms with Gasteiger partial charge < -0.3 is 20.5 Å². The molecule has 4 rings (SSSR count). The molecule has 0 amide bonds. The Morgan fingerprint density at radius 2 is 1.71 bits per heavy atom. The van der Waals surface area contributed by atoms with E-state index in [-0.39, 0.29) is 0 Å². The molecule has 1 aliphatic rings. The fourth-order valence-corrected chi connectivity index (χ4v) is 4.08. The molecule has 1 saturated heterocycles. The van der Waals surface area contributed by atoms with Crippen LogP contribution < -0.4 is 11.1 Å². The summed E-state index contributed by atoms with van der Waals surface area (Å²) in [4.78, 5) is 9.63. The zero-order valence-electron chi connectivity index (χ0n) is 18.9. The van der Waals surface area contributed by atoms with E-state index in [4.69, 9.17) is 10.7 Å². The number of nitrogens with one attached hydrogen (secondary N) is 1. The van der Waals surface area contributed by atoms with Gasteiger partial charge in [-0.1, -0.05) is 37.6 Å². The lowest BCUT2D eigenvalue weighted by molar-refractivity contribution is 0.148. The number of hydrogen-bond acceptors (Lipinski definition) is 7. The number of likely N-dealkylation sites (N-methyl/N-ethyl adjacent to an activating group) is 1. The van der Waals surface area contributed by atoms with Crippen LogP contribution in [0.2, 0.25) is 0 Å². The lowest BCUT2D eigenvalue weighted by Gasteiger charge is -2.32. The van der Waals surface area contributed by atoms with Crippen molar-refractivity contribution in [3.8, 4) is 0 Å². The van der Waals surface area contributed by atoms with Gasteiger partial charge in [-0.3, -0.25) is 4.90 Å². The second kappa shape index (κ2) is 9.62. The van der Waals surface area contributed by atoms with Gasteiger partial charge in [-0.15, -0.1) is 10.2 Å². The van der Waals surface area contributed by atoms with Crippen molar-refractivity contribution >= 4 is 22.7 Å². The summed E-state index contributed by atoms with van der Waals surface area (Å²) in [5.41, 5.74) is 10.3. The van der Waals surface area contributed by atoms with E-state index in [9.17, 15) is 0 Å². The van der Waals surface area contributed by atoms with Gasteiger partial charge in [0.2, 0.25) is 0 Å². The number of aryl methyl sites for hydroxylation is 2. The first-order valence-corrected chi connectivity index (χ1v) is 11.2. The van der Waals surface area contributed by atoms with E-state index in [0.29, 0.717) is 12.4 Å². The molecule has 1 aliphatic heterocycles. The van der Waals surface area contributed by atoms with E-state index in [1.54, 1.807) is 0 Å². The molecule has 3 heterocycles. The number of nitrogens with zero attached hydrogens (tertiary/aromatic N) is 6. The van der Waals surface area contributed by atoms with Crippen LogP contribution in [0.4, 0.5) is 11.6 Å². The average molecular weight is 423 g/mol. The fraction of sp³-hybridized carbons (Fsp3) is 0.522. The van der Waals surface area contributed by atoms with Crippen molar-refractivity contribution in [2.75, 3.05) is 44.3 Å². The van der Waals surface area contributed by atoms with Gasteiger partial charge in [0.05, 0.1) is 0 Å². The molecule has 2 aromatic heterocycles. The molecule has 166 valence electrons. The maximum absolute atomic E-state index is 6.06. The lowest BCUT2D eigenvalue weighted by Crippen LogP contribution is -2.43. The van der Waals surface area contributed by atoms with Gasteiger partial charge >= 0.3 is 0 Å². The number of hydrogen-bond donors (Lipinski definition) is 2. The standard InChI is InChI=1S/C23H34N8/c1-4-5-6-19-26-20-21(30(19)3)23(28-27-22(20)24)25-15-17-7-9-18(10-8-17)16-31-13-11-29(2)12-14-31/h7-10H,4-6,11-16H2,1-3H3,(H2,24,27)(H,25,28). The molecule has 1 aromatic carbocycles. The summed E-state index contributed by atoms with van der Waals surface area (Å²) in [7, 11) is 4.22. The molecular formula is C23H34N8. The number of nitrogens with two attached hydrogens (primary N) is 1. The van der Waals surface area contributed by atoms with Crippen molar-refractivity contribution in [2.45, 2.75) is 39.3 Å². The number of piperazine rings is 1. The minimum absolute atomic E-state index is 0.382. The number of aromatic nitrogens is 4. The Morgan fingerprint density at radius 3 is 2.42 bits per heavy atom. The van der Waals surface area contributed by atoms with Crippen LogP contribution in [-0.2, 0) is 26.6 Å². The van der Waals surface area contributed by atoms with Gasteiger partial charge in [0.1, 0.15) is 16.9 Å². The van der Waals surface area contributed by atoms with E-state index < -0.39 is 0 Å². The summed E-state index contributed by atoms with van der Waals surface area (Å²) in [5.74, 6) is 2.13. The Kier molecular flexibility index (Phi) is 6.67. The van der Waals surface area contributed by atoms with Gasteiger partial charge in [-0.25, -0.2) is 4.98 Å². The van der Waals surface area contributed by atoms with Crippen LogP contribution in [0.3, 0.4) is 0 Å². The van der Waals surface area contributed by atoms with Gasteiger partial charge in [-0.2, -0.15) is 0 Å². The molecule has 31 heavy (non-hydrogen) atoms. The van der Waals surface area contributed by atoms with Gasteiger partial charge in [-0.05, 0) is 24.6 Å². The fourth-order valence-electron chi connectivity index (χ4n) is 4.08. The SMILES string of the molecule is CCCCc1nc2c(N)nnc(NCc3ccc(CN4CCN(C)CC4)cc3)c2n1C. The highest BCUT2D eigenvalue weighted by atomic mass is 15.2. The maximum atomic E-state index is 6.06. The van der Waals surface area contributed by atoms with Gasteiger partial charge in [0, 0.05) is 52.7 Å². The summed E-state index contributed by atoms with van der Waals surface area (Å²) < 4.78 is 2.09. The van der Waals surface area contributed by atoms with Gasteiger partial charge in [0.15, 0.2) is 11.6 Å². The molecule has 0 bridgehead atoms. The third-order valence-electron chi connectivity index (χ3n) is 6.15. The van der Waals surface area contributed by atoms with Crippen LogP contribution in [0, 0.1) is 0 Å². The van der Waals surface area contributed by atoms with Crippen LogP contribution in [0.5, 0.6) is 0 Å². The van der Waals surface area contributed by atoms with Crippen molar-refractivity contribution in [1.29, 1.82) is 0 Å². The van der Waals surface area contributed by atoms with Crippen molar-refractivity contribution in [3.63, 3.8) is 0 Å². The number of nitrogen functional groups attached to an aromatic ring is 1. The van der Waals surface area contributed by atoms with Gasteiger partial charge in [0.25, 0.3) is 0 Å². The van der Waals surface area contributed by atoms with Crippen LogP contribution in [0.1, 0.15) is 36.7 Å². The number of unbranched alkanes of at least 4 members (excludes halogenated alkanes) is 1. The van der Waals surface area contributed by atoms with E-state index in [0.717, 1.165) is 74.7 Å². The van der Waals surface area contributed by atoms with Crippen LogP contribution >= 0.6 is 0 Å². The molecule has 3 aromatic rings. The highest BCUT2D eigenvalue weighted by molar-refractivity contribution is 5.92. The maximum Gasteiger partial charge on any atom is 0.175 e. The van der Waals surface area contributed by atoms with Crippen LogP contribution in [-0.4, -0.2) is 62.8 Å². The van der Waals surface area contributed by atoms with Crippen molar-refractivity contribution < 1.29 is 0 Å². The topological polar surface area (TPSA) is 88.1 Å². The molecular weight excluding hydrogens is 388 g/mol. The number of anilines is 2. The van der Waals surface area contributed by atoms with Crippen LogP contribution in [0.15, 0.2) is 24.3 Å². The average Bonchev–Trinajstić information content (AvgIpc) is 3.12. The Morgan fingerprint density at radius 1 is 1.00 bits per heavy atom. The van der Waals surface area contributed by atoms with Crippen molar-refractivity contribution in [3.05, 3.63) is 41.2 Å². The zero-order chi connectivity index (χ0) is 21.8. The van der Waals surface area contributed by atoms with Crippen molar-refractivity contribution in [1.82, 2.24) is 29.5 Å². The molecule has 8 heteroatoms. The monoisotopic (exact) mass is 422 g/mol. The minimum atomic E-state index is 0.382. The third kappa shape index (κ3) is 4.97. The Hall–Kier alpha value is -2.71. The highest BCUT2D eigenvalue weighted by Gasteiger charge is 2.17. The molecule has 0 unspecified atom stereocenters. The molecule has 0 radical (unpaired) electrons. The molecule has 1 fully saturated rings. The largest absolute Gasteiger partial charge is 0.380 e. The Labute approximate surface area is 184 Å². The number of fused-ring (bicyclic) bond motifs is 1. The number of imidazole rings is 1. The first kappa shape index (κ1) is 21.5. The summed E-state index contributed by atoms with van der Waals surface area (Å²) >= 11 is 0. The summed E-state index contributed by atoms with van der Waals surface area (Å²) in [5, 5.41) is 11.9.